The summed E-state index contributed by atoms with van der Waals surface area (Å²) in [5.41, 5.74) is 0. The van der Waals surface area contributed by atoms with Gasteiger partial charge in [-0.1, -0.05) is 36.8 Å². The molecule has 1 unspecified atom stereocenters. The van der Waals surface area contributed by atoms with Gasteiger partial charge in [0.15, 0.2) is 0 Å². The Kier molecular flexibility index (Phi) is 7.94. The van der Waals surface area contributed by atoms with Crippen molar-refractivity contribution in [1.29, 1.82) is 0 Å². The zero-order chi connectivity index (χ0) is 18.4. The number of rotatable bonds is 4. The molecule has 0 spiro atoms. The van der Waals surface area contributed by atoms with E-state index in [0.29, 0.717) is 15.8 Å². The molecule has 0 saturated carbocycles. The van der Waals surface area contributed by atoms with E-state index >= 15 is 0 Å². The minimum Gasteiger partial charge on any atom is -0.465 e. The number of methoxy groups -OCH3 is 1. The lowest BCUT2D eigenvalue weighted by molar-refractivity contribution is -0.382. The van der Waals surface area contributed by atoms with Gasteiger partial charge in [-0.2, -0.15) is 0 Å². The Hall–Kier alpha value is -1.36. The second kappa shape index (κ2) is 9.21. The molecule has 0 bridgehead atoms. The monoisotopic (exact) mass is 454 g/mol. The quantitative estimate of drug-likeness (QED) is 0.292. The van der Waals surface area contributed by atoms with Crippen LogP contribution < -0.4 is 0 Å². The Labute approximate surface area is 157 Å². The van der Waals surface area contributed by atoms with Crippen LogP contribution in [-0.4, -0.2) is 27.2 Å². The number of esters is 1. The fourth-order valence-electron chi connectivity index (χ4n) is 1.46. The number of hydrogen-bond acceptors (Lipinski definition) is 7. The molecule has 2 aromatic rings. The number of ether oxygens (including phenoxy) is 1. The summed E-state index contributed by atoms with van der Waals surface area (Å²) in [6, 6.07) is 2.64. The van der Waals surface area contributed by atoms with Crippen LogP contribution in [0.3, 0.4) is 0 Å². The summed E-state index contributed by atoms with van der Waals surface area (Å²) in [7, 11) is -0.728. The van der Waals surface area contributed by atoms with E-state index in [1.165, 1.54) is 18.3 Å². The van der Waals surface area contributed by atoms with Crippen LogP contribution in [0, 0.1) is 10.1 Å². The first kappa shape index (κ1) is 20.7. The SMILES string of the molecule is CC.COC(=O)c1cc(S(=O)c2cnc(Cl)c(Br)c2)c([N+](=O)[O-])s1. The van der Waals surface area contributed by atoms with Crippen LogP contribution in [0.2, 0.25) is 5.15 Å². The molecule has 0 aliphatic rings. The van der Waals surface area contributed by atoms with E-state index in [1.54, 1.807) is 0 Å². The smallest absolute Gasteiger partial charge is 0.348 e. The second-order valence-electron chi connectivity index (χ2n) is 3.74. The lowest BCUT2D eigenvalue weighted by Crippen LogP contribution is -1.98. The van der Waals surface area contributed by atoms with Crippen molar-refractivity contribution in [2.75, 3.05) is 7.11 Å². The fraction of sp³-hybridized carbons (Fsp3) is 0.231. The summed E-state index contributed by atoms with van der Waals surface area (Å²) in [4.78, 5) is 25.8. The molecule has 0 aliphatic heterocycles. The molecule has 2 rings (SSSR count). The predicted octanol–water partition coefficient (Wildman–Crippen LogP) is 4.45. The van der Waals surface area contributed by atoms with Crippen molar-refractivity contribution in [3.8, 4) is 0 Å². The van der Waals surface area contributed by atoms with Gasteiger partial charge in [0, 0.05) is 6.20 Å². The average Bonchev–Trinajstić information content (AvgIpc) is 3.03. The highest BCUT2D eigenvalue weighted by molar-refractivity contribution is 9.10. The summed E-state index contributed by atoms with van der Waals surface area (Å²) in [6.45, 7) is 4.00. The Morgan fingerprint density at radius 2 is 2.08 bits per heavy atom. The standard InChI is InChI=1S/C11H6BrClN2O5S2.C2H6/c1-20-11(16)7-3-8(10(21-7)15(17)18)22(19)5-2-6(12)9(13)14-4-5;1-2/h2-4H,1H3;1-2H3. The van der Waals surface area contributed by atoms with Gasteiger partial charge in [-0.3, -0.25) is 10.1 Å². The van der Waals surface area contributed by atoms with Crippen molar-refractivity contribution in [1.82, 2.24) is 4.98 Å². The number of pyridine rings is 1. The predicted molar refractivity (Wildman–Crippen MR) is 95.3 cm³/mol. The highest BCUT2D eigenvalue weighted by Gasteiger charge is 2.28. The summed E-state index contributed by atoms with van der Waals surface area (Å²) in [5.74, 6) is -0.730. The highest BCUT2D eigenvalue weighted by atomic mass is 79.9. The molecule has 24 heavy (non-hydrogen) atoms. The maximum absolute atomic E-state index is 12.5. The molecule has 0 saturated heterocycles. The van der Waals surface area contributed by atoms with Crippen molar-refractivity contribution >= 4 is 60.6 Å². The summed E-state index contributed by atoms with van der Waals surface area (Å²) in [5, 5.41) is 10.9. The maximum Gasteiger partial charge on any atom is 0.348 e. The van der Waals surface area contributed by atoms with Gasteiger partial charge in [0.1, 0.15) is 14.9 Å². The van der Waals surface area contributed by atoms with E-state index in [-0.39, 0.29) is 24.8 Å². The topological polar surface area (TPSA) is 99.4 Å². The lowest BCUT2D eigenvalue weighted by Gasteiger charge is -2.01. The van der Waals surface area contributed by atoms with Gasteiger partial charge >= 0.3 is 11.0 Å². The van der Waals surface area contributed by atoms with Gasteiger partial charge in [-0.25, -0.2) is 14.0 Å². The molecule has 130 valence electrons. The number of thiophene rings is 1. The lowest BCUT2D eigenvalue weighted by atomic mass is 10.5. The fourth-order valence-corrected chi connectivity index (χ4v) is 4.36. The first-order valence-electron chi connectivity index (χ1n) is 6.44. The van der Waals surface area contributed by atoms with Gasteiger partial charge < -0.3 is 4.74 Å². The second-order valence-corrected chi connectivity index (χ2v) is 7.43. The molecule has 0 N–H and O–H groups in total. The van der Waals surface area contributed by atoms with Crippen molar-refractivity contribution in [2.45, 2.75) is 23.6 Å². The van der Waals surface area contributed by atoms with Crippen LogP contribution in [0.1, 0.15) is 23.5 Å². The van der Waals surface area contributed by atoms with Gasteiger partial charge in [0.2, 0.25) is 0 Å². The molecular formula is C13H12BrClN2O5S2. The molecule has 11 heteroatoms. The first-order chi connectivity index (χ1) is 11.3. The van der Waals surface area contributed by atoms with Crippen LogP contribution in [0.5, 0.6) is 0 Å². The number of carbonyl (C=O) groups excluding carboxylic acids is 1. The van der Waals surface area contributed by atoms with Crippen molar-refractivity contribution < 1.29 is 18.7 Å². The summed E-state index contributed by atoms with van der Waals surface area (Å²) in [6.07, 6.45) is 1.25. The molecule has 7 nitrogen and oxygen atoms in total. The molecule has 1 atom stereocenters. The molecule has 0 radical (unpaired) electrons. The molecule has 0 aromatic carbocycles. The maximum atomic E-state index is 12.5. The summed E-state index contributed by atoms with van der Waals surface area (Å²) >= 11 is 9.50. The van der Waals surface area contributed by atoms with Crippen LogP contribution in [-0.2, 0) is 15.5 Å². The van der Waals surface area contributed by atoms with E-state index in [2.05, 4.69) is 25.7 Å². The minimum atomic E-state index is -1.89. The molecular weight excluding hydrogens is 444 g/mol. The zero-order valence-corrected chi connectivity index (χ0v) is 16.7. The summed E-state index contributed by atoms with van der Waals surface area (Å²) < 4.78 is 17.4. The van der Waals surface area contributed by atoms with Crippen LogP contribution >= 0.6 is 38.9 Å². The number of hydrogen-bond donors (Lipinski definition) is 0. The highest BCUT2D eigenvalue weighted by Crippen LogP contribution is 2.36. The molecule has 2 heterocycles. The van der Waals surface area contributed by atoms with E-state index in [0.717, 1.165) is 7.11 Å². The number of nitrogens with zero attached hydrogens (tertiary/aromatic N) is 2. The number of nitro groups is 1. The third kappa shape index (κ3) is 4.59. The van der Waals surface area contributed by atoms with Crippen LogP contribution in [0.15, 0.2) is 32.6 Å². The van der Waals surface area contributed by atoms with E-state index < -0.39 is 21.7 Å². The Morgan fingerprint density at radius 1 is 1.46 bits per heavy atom. The van der Waals surface area contributed by atoms with Gasteiger partial charge in [0.25, 0.3) is 0 Å². The third-order valence-corrected chi connectivity index (χ3v) is 6.11. The third-order valence-electron chi connectivity index (χ3n) is 2.42. The van der Waals surface area contributed by atoms with Crippen LogP contribution in [0.25, 0.3) is 0 Å². The van der Waals surface area contributed by atoms with Gasteiger partial charge in [0.05, 0.1) is 32.2 Å². The molecule has 2 aromatic heterocycles. The molecule has 0 aliphatic carbocycles. The van der Waals surface area contributed by atoms with Crippen LogP contribution in [0.4, 0.5) is 5.00 Å². The Bertz CT molecular complexity index is 797. The van der Waals surface area contributed by atoms with E-state index in [1.807, 2.05) is 13.8 Å². The number of carbonyl (C=O) groups is 1. The number of halogens is 2. The molecule has 0 fully saturated rings. The van der Waals surface area contributed by atoms with E-state index in [9.17, 15) is 19.1 Å². The Morgan fingerprint density at radius 3 is 2.58 bits per heavy atom. The van der Waals surface area contributed by atoms with Crippen molar-refractivity contribution in [2.24, 2.45) is 0 Å². The number of aromatic nitrogens is 1. The van der Waals surface area contributed by atoms with Crippen molar-refractivity contribution in [3.05, 3.63) is 42.9 Å². The van der Waals surface area contributed by atoms with Gasteiger partial charge in [-0.05, 0) is 28.1 Å². The Balaban J connectivity index is 0.00000139. The first-order valence-corrected chi connectivity index (χ1v) is 9.58. The van der Waals surface area contributed by atoms with E-state index in [4.69, 9.17) is 11.6 Å². The average molecular weight is 456 g/mol. The van der Waals surface area contributed by atoms with Crippen molar-refractivity contribution in [3.63, 3.8) is 0 Å². The minimum absolute atomic E-state index is 0.00135. The van der Waals surface area contributed by atoms with Gasteiger partial charge in [-0.15, -0.1) is 0 Å². The largest absolute Gasteiger partial charge is 0.465 e. The zero-order valence-electron chi connectivity index (χ0n) is 12.7. The molecule has 0 amide bonds. The normalized spacial score (nSPS) is 11.2.